The Kier molecular flexibility index (Phi) is 4.08. The third-order valence-electron chi connectivity index (χ3n) is 2.51. The van der Waals surface area contributed by atoms with Crippen LogP contribution in [0.5, 0.6) is 0 Å². The smallest absolute Gasteiger partial charge is 0.252 e. The molecule has 0 atom stereocenters. The number of benzene rings is 1. The quantitative estimate of drug-likeness (QED) is 0.906. The van der Waals surface area contributed by atoms with Crippen molar-refractivity contribution in [2.45, 2.75) is 32.7 Å². The molecule has 0 aliphatic carbocycles. The molecule has 1 rings (SSSR count). The molecule has 0 saturated carbocycles. The van der Waals surface area contributed by atoms with Crippen molar-refractivity contribution in [1.29, 1.82) is 0 Å². The fourth-order valence-electron chi connectivity index (χ4n) is 1.14. The van der Waals surface area contributed by atoms with E-state index in [4.69, 9.17) is 0 Å². The summed E-state index contributed by atoms with van der Waals surface area (Å²) in [4.78, 5) is 11.9. The Morgan fingerprint density at radius 2 is 2.12 bits per heavy atom. The minimum Gasteiger partial charge on any atom is -0.347 e. The second-order valence-corrected chi connectivity index (χ2v) is 5.17. The molecule has 1 amide bonds. The number of hydrogen-bond donors (Lipinski definition) is 1. The molecule has 0 heterocycles. The van der Waals surface area contributed by atoms with Crippen LogP contribution in [0.2, 0.25) is 0 Å². The lowest BCUT2D eigenvalue weighted by atomic mass is 10.0. The zero-order chi connectivity index (χ0) is 12.3. The maximum Gasteiger partial charge on any atom is 0.252 e. The molecule has 0 unspecified atom stereocenters. The number of hydrogen-bond acceptors (Lipinski definition) is 1. The van der Waals surface area contributed by atoms with E-state index in [2.05, 4.69) is 21.2 Å². The van der Waals surface area contributed by atoms with Crippen molar-refractivity contribution in [3.63, 3.8) is 0 Å². The van der Waals surface area contributed by atoms with Crippen LogP contribution in [0.4, 0.5) is 4.39 Å². The summed E-state index contributed by atoms with van der Waals surface area (Å²) >= 11 is 3.18. The van der Waals surface area contributed by atoms with Gasteiger partial charge < -0.3 is 5.32 Å². The summed E-state index contributed by atoms with van der Waals surface area (Å²) in [6, 6.07) is 4.03. The first-order valence-electron chi connectivity index (χ1n) is 5.13. The minimum absolute atomic E-state index is 0.196. The largest absolute Gasteiger partial charge is 0.347 e. The molecule has 0 aromatic heterocycles. The van der Waals surface area contributed by atoms with Crippen LogP contribution >= 0.6 is 15.9 Å². The van der Waals surface area contributed by atoms with Gasteiger partial charge in [0.05, 0.1) is 5.56 Å². The van der Waals surface area contributed by atoms with Crippen LogP contribution in [-0.2, 0) is 0 Å². The number of rotatable bonds is 3. The molecule has 0 spiro atoms. The van der Waals surface area contributed by atoms with E-state index in [1.54, 1.807) is 0 Å². The standard InChI is InChI=1S/C12H15BrFNO/c1-4-12(2,3)15-11(16)9-6-5-8(14)7-10(9)13/h5-7H,4H2,1-3H3,(H,15,16). The highest BCUT2D eigenvalue weighted by atomic mass is 79.9. The van der Waals surface area contributed by atoms with E-state index in [9.17, 15) is 9.18 Å². The summed E-state index contributed by atoms with van der Waals surface area (Å²) in [5, 5.41) is 2.89. The molecule has 0 aliphatic heterocycles. The predicted octanol–water partition coefficient (Wildman–Crippen LogP) is 3.51. The normalized spacial score (nSPS) is 11.3. The van der Waals surface area contributed by atoms with Crippen molar-refractivity contribution in [1.82, 2.24) is 5.32 Å². The van der Waals surface area contributed by atoms with Gasteiger partial charge in [-0.25, -0.2) is 4.39 Å². The number of halogens is 2. The molecule has 88 valence electrons. The first-order chi connectivity index (χ1) is 7.35. The maximum atomic E-state index is 12.9. The van der Waals surface area contributed by atoms with Crippen LogP contribution in [-0.4, -0.2) is 11.4 Å². The summed E-state index contributed by atoms with van der Waals surface area (Å²) < 4.78 is 13.3. The zero-order valence-electron chi connectivity index (χ0n) is 9.60. The average molecular weight is 288 g/mol. The molecular formula is C12H15BrFNO. The van der Waals surface area contributed by atoms with E-state index in [-0.39, 0.29) is 17.3 Å². The Labute approximate surface area is 103 Å². The molecule has 0 aliphatic rings. The summed E-state index contributed by atoms with van der Waals surface area (Å²) in [6.07, 6.45) is 0.831. The van der Waals surface area contributed by atoms with E-state index < -0.39 is 0 Å². The first kappa shape index (κ1) is 13.2. The van der Waals surface area contributed by atoms with Gasteiger partial charge in [0.15, 0.2) is 0 Å². The number of nitrogens with one attached hydrogen (secondary N) is 1. The average Bonchev–Trinajstić information content (AvgIpc) is 2.16. The van der Waals surface area contributed by atoms with Crippen molar-refractivity contribution in [3.8, 4) is 0 Å². The monoisotopic (exact) mass is 287 g/mol. The van der Waals surface area contributed by atoms with Gasteiger partial charge in [-0.2, -0.15) is 0 Å². The van der Waals surface area contributed by atoms with E-state index >= 15 is 0 Å². The van der Waals surface area contributed by atoms with Gasteiger partial charge in [-0.15, -0.1) is 0 Å². The Hall–Kier alpha value is -0.900. The van der Waals surface area contributed by atoms with Gasteiger partial charge in [-0.05, 0) is 54.4 Å². The van der Waals surface area contributed by atoms with E-state index in [1.165, 1.54) is 18.2 Å². The molecule has 1 aromatic carbocycles. The molecule has 16 heavy (non-hydrogen) atoms. The van der Waals surface area contributed by atoms with Gasteiger partial charge in [0.2, 0.25) is 0 Å². The second kappa shape index (κ2) is 4.95. The van der Waals surface area contributed by atoms with E-state index in [0.717, 1.165) is 6.42 Å². The SMILES string of the molecule is CCC(C)(C)NC(=O)c1ccc(F)cc1Br. The summed E-state index contributed by atoms with van der Waals surface area (Å²) in [5.41, 5.74) is 0.188. The van der Waals surface area contributed by atoms with Gasteiger partial charge in [0.25, 0.3) is 5.91 Å². The molecule has 1 aromatic rings. The Morgan fingerprint density at radius 3 is 2.62 bits per heavy atom. The second-order valence-electron chi connectivity index (χ2n) is 4.32. The van der Waals surface area contributed by atoms with Gasteiger partial charge in [-0.3, -0.25) is 4.79 Å². The van der Waals surface area contributed by atoms with Gasteiger partial charge >= 0.3 is 0 Å². The topological polar surface area (TPSA) is 29.1 Å². The summed E-state index contributed by atoms with van der Waals surface area (Å²) in [5.74, 6) is -0.558. The highest BCUT2D eigenvalue weighted by Gasteiger charge is 2.20. The van der Waals surface area contributed by atoms with Gasteiger partial charge in [-0.1, -0.05) is 6.92 Å². The van der Waals surface area contributed by atoms with Crippen LogP contribution in [0.3, 0.4) is 0 Å². The first-order valence-corrected chi connectivity index (χ1v) is 5.92. The molecular weight excluding hydrogens is 273 g/mol. The fourth-order valence-corrected chi connectivity index (χ4v) is 1.67. The third kappa shape index (κ3) is 3.30. The van der Waals surface area contributed by atoms with Gasteiger partial charge in [0, 0.05) is 10.0 Å². The fraction of sp³-hybridized carbons (Fsp3) is 0.417. The van der Waals surface area contributed by atoms with E-state index in [0.29, 0.717) is 10.0 Å². The molecule has 0 saturated heterocycles. The van der Waals surface area contributed by atoms with E-state index in [1.807, 2.05) is 20.8 Å². The van der Waals surface area contributed by atoms with Crippen LogP contribution < -0.4 is 5.32 Å². The predicted molar refractivity (Wildman–Crippen MR) is 65.9 cm³/mol. The lowest BCUT2D eigenvalue weighted by Crippen LogP contribution is -2.42. The molecule has 4 heteroatoms. The Balaban J connectivity index is 2.89. The minimum atomic E-state index is -0.363. The molecule has 0 fully saturated rings. The van der Waals surface area contributed by atoms with Gasteiger partial charge in [0.1, 0.15) is 5.82 Å². The number of carbonyl (C=O) groups excluding carboxylic acids is 1. The lowest BCUT2D eigenvalue weighted by molar-refractivity contribution is 0.0910. The molecule has 0 radical (unpaired) electrons. The number of amides is 1. The van der Waals surface area contributed by atoms with Crippen molar-refractivity contribution in [2.75, 3.05) is 0 Å². The van der Waals surface area contributed by atoms with Crippen LogP contribution in [0.1, 0.15) is 37.6 Å². The summed E-state index contributed by atoms with van der Waals surface area (Å²) in [7, 11) is 0. The Morgan fingerprint density at radius 1 is 1.50 bits per heavy atom. The third-order valence-corrected chi connectivity index (χ3v) is 3.17. The van der Waals surface area contributed by atoms with Crippen molar-refractivity contribution in [2.24, 2.45) is 0 Å². The van der Waals surface area contributed by atoms with Crippen LogP contribution in [0.15, 0.2) is 22.7 Å². The molecule has 2 nitrogen and oxygen atoms in total. The van der Waals surface area contributed by atoms with Crippen molar-refractivity contribution < 1.29 is 9.18 Å². The lowest BCUT2D eigenvalue weighted by Gasteiger charge is -2.24. The molecule has 1 N–H and O–H groups in total. The molecule has 0 bridgehead atoms. The number of carbonyl (C=O) groups is 1. The van der Waals surface area contributed by atoms with Crippen molar-refractivity contribution in [3.05, 3.63) is 34.1 Å². The zero-order valence-corrected chi connectivity index (χ0v) is 11.2. The van der Waals surface area contributed by atoms with Crippen molar-refractivity contribution >= 4 is 21.8 Å². The summed E-state index contributed by atoms with van der Waals surface area (Å²) in [6.45, 7) is 5.89. The highest BCUT2D eigenvalue weighted by Crippen LogP contribution is 2.19. The highest BCUT2D eigenvalue weighted by molar-refractivity contribution is 9.10. The van der Waals surface area contributed by atoms with Crippen LogP contribution in [0.25, 0.3) is 0 Å². The Bertz CT molecular complexity index is 404. The maximum absolute atomic E-state index is 12.9. The van der Waals surface area contributed by atoms with Crippen LogP contribution in [0, 0.1) is 5.82 Å².